The average molecular weight is 405 g/mol. The average Bonchev–Trinajstić information content (AvgIpc) is 3.25. The molecular formula is C19H21BrN2OS. The van der Waals surface area contributed by atoms with Crippen LogP contribution in [0.5, 0.6) is 0 Å². The first-order valence-corrected chi connectivity index (χ1v) is 10.2. The van der Waals surface area contributed by atoms with E-state index in [0.29, 0.717) is 5.92 Å². The van der Waals surface area contributed by atoms with Gasteiger partial charge in [-0.05, 0) is 53.5 Å². The Kier molecular flexibility index (Phi) is 4.74. The SMILES string of the molecule is O=C(NCCN1CCc2sccc2C1)C1CC1c1ccc(Br)cc1. The molecule has 1 saturated carbocycles. The minimum atomic E-state index is 0.163. The first-order chi connectivity index (χ1) is 11.7. The zero-order valence-corrected chi connectivity index (χ0v) is 15.9. The molecule has 0 radical (unpaired) electrons. The van der Waals surface area contributed by atoms with Crippen molar-refractivity contribution in [1.29, 1.82) is 0 Å². The monoisotopic (exact) mass is 404 g/mol. The van der Waals surface area contributed by atoms with Gasteiger partial charge in [-0.25, -0.2) is 0 Å². The topological polar surface area (TPSA) is 32.3 Å². The summed E-state index contributed by atoms with van der Waals surface area (Å²) in [6.07, 6.45) is 2.13. The Morgan fingerprint density at radius 3 is 2.96 bits per heavy atom. The molecule has 2 unspecified atom stereocenters. The number of halogens is 1. The summed E-state index contributed by atoms with van der Waals surface area (Å²) in [4.78, 5) is 16.3. The van der Waals surface area contributed by atoms with Crippen LogP contribution < -0.4 is 5.32 Å². The van der Waals surface area contributed by atoms with E-state index in [2.05, 4.69) is 61.9 Å². The number of nitrogens with one attached hydrogen (secondary N) is 1. The van der Waals surface area contributed by atoms with Crippen molar-refractivity contribution in [3.05, 3.63) is 56.2 Å². The van der Waals surface area contributed by atoms with Crippen LogP contribution in [0.2, 0.25) is 0 Å². The fourth-order valence-corrected chi connectivity index (χ4v) is 4.68. The number of rotatable bonds is 5. The second-order valence-corrected chi connectivity index (χ2v) is 8.60. The Morgan fingerprint density at radius 2 is 2.12 bits per heavy atom. The smallest absolute Gasteiger partial charge is 0.223 e. The maximum atomic E-state index is 12.3. The summed E-state index contributed by atoms with van der Waals surface area (Å²) in [5.74, 6) is 0.786. The van der Waals surface area contributed by atoms with Gasteiger partial charge in [0.15, 0.2) is 0 Å². The van der Waals surface area contributed by atoms with E-state index in [1.165, 1.54) is 16.0 Å². The van der Waals surface area contributed by atoms with Crippen LogP contribution in [0, 0.1) is 5.92 Å². The van der Waals surface area contributed by atoms with Crippen LogP contribution in [-0.2, 0) is 17.8 Å². The summed E-state index contributed by atoms with van der Waals surface area (Å²) in [5, 5.41) is 5.32. The predicted octanol–water partition coefficient (Wildman–Crippen LogP) is 3.79. The number of hydrogen-bond donors (Lipinski definition) is 1. The number of fused-ring (bicyclic) bond motifs is 1. The molecule has 2 heterocycles. The molecule has 5 heteroatoms. The van der Waals surface area contributed by atoms with Crippen molar-refractivity contribution >= 4 is 33.2 Å². The lowest BCUT2D eigenvalue weighted by Gasteiger charge is -2.26. The first kappa shape index (κ1) is 16.3. The van der Waals surface area contributed by atoms with Crippen LogP contribution >= 0.6 is 27.3 Å². The van der Waals surface area contributed by atoms with Gasteiger partial charge in [-0.3, -0.25) is 9.69 Å². The lowest BCUT2D eigenvalue weighted by molar-refractivity contribution is -0.122. The lowest BCUT2D eigenvalue weighted by Crippen LogP contribution is -2.38. The molecule has 3 nitrogen and oxygen atoms in total. The van der Waals surface area contributed by atoms with E-state index in [4.69, 9.17) is 0 Å². The van der Waals surface area contributed by atoms with E-state index in [1.54, 1.807) is 0 Å². The van der Waals surface area contributed by atoms with Crippen LogP contribution in [-0.4, -0.2) is 30.4 Å². The minimum Gasteiger partial charge on any atom is -0.355 e. The molecule has 1 N–H and O–H groups in total. The Morgan fingerprint density at radius 1 is 1.29 bits per heavy atom. The Bertz CT molecular complexity index is 727. The first-order valence-electron chi connectivity index (χ1n) is 8.51. The molecule has 126 valence electrons. The molecular weight excluding hydrogens is 384 g/mol. The number of carbonyl (C=O) groups excluding carboxylic acids is 1. The molecule has 2 aliphatic rings. The van der Waals surface area contributed by atoms with Crippen molar-refractivity contribution in [1.82, 2.24) is 10.2 Å². The van der Waals surface area contributed by atoms with Crippen LogP contribution in [0.15, 0.2) is 40.2 Å². The molecule has 1 aromatic heterocycles. The highest BCUT2D eigenvalue weighted by atomic mass is 79.9. The van der Waals surface area contributed by atoms with Crippen molar-refractivity contribution < 1.29 is 4.79 Å². The highest BCUT2D eigenvalue weighted by Gasteiger charge is 2.43. The molecule has 1 aliphatic heterocycles. The van der Waals surface area contributed by atoms with Gasteiger partial charge in [0.05, 0.1) is 0 Å². The van der Waals surface area contributed by atoms with Crippen LogP contribution in [0.25, 0.3) is 0 Å². The van der Waals surface area contributed by atoms with Gasteiger partial charge in [0, 0.05) is 41.4 Å². The van der Waals surface area contributed by atoms with Crippen LogP contribution in [0.4, 0.5) is 0 Å². The molecule has 4 rings (SSSR count). The van der Waals surface area contributed by atoms with E-state index in [-0.39, 0.29) is 11.8 Å². The second-order valence-electron chi connectivity index (χ2n) is 6.69. The van der Waals surface area contributed by atoms with Crippen molar-refractivity contribution in [3.8, 4) is 0 Å². The molecule has 0 saturated heterocycles. The fraction of sp³-hybridized carbons (Fsp3) is 0.421. The van der Waals surface area contributed by atoms with Crippen molar-refractivity contribution in [3.63, 3.8) is 0 Å². The summed E-state index contributed by atoms with van der Waals surface area (Å²) in [6.45, 7) is 3.83. The predicted molar refractivity (Wildman–Crippen MR) is 101 cm³/mol. The van der Waals surface area contributed by atoms with Gasteiger partial charge >= 0.3 is 0 Å². The van der Waals surface area contributed by atoms with Gasteiger partial charge in [0.1, 0.15) is 0 Å². The number of benzene rings is 1. The van der Waals surface area contributed by atoms with Crippen molar-refractivity contribution in [2.45, 2.75) is 25.3 Å². The van der Waals surface area contributed by atoms with Gasteiger partial charge in [-0.15, -0.1) is 11.3 Å². The van der Waals surface area contributed by atoms with Crippen LogP contribution in [0.1, 0.15) is 28.3 Å². The number of hydrogen-bond acceptors (Lipinski definition) is 3. The molecule has 0 bridgehead atoms. The lowest BCUT2D eigenvalue weighted by atomic mass is 10.1. The van der Waals surface area contributed by atoms with E-state index >= 15 is 0 Å². The Hall–Kier alpha value is -1.17. The third kappa shape index (κ3) is 3.58. The minimum absolute atomic E-state index is 0.163. The van der Waals surface area contributed by atoms with Crippen molar-refractivity contribution in [2.75, 3.05) is 19.6 Å². The highest BCUT2D eigenvalue weighted by Crippen LogP contribution is 2.47. The van der Waals surface area contributed by atoms with E-state index in [0.717, 1.165) is 43.5 Å². The number of amides is 1. The van der Waals surface area contributed by atoms with Crippen molar-refractivity contribution in [2.24, 2.45) is 5.92 Å². The van der Waals surface area contributed by atoms with Crippen LogP contribution in [0.3, 0.4) is 0 Å². The number of thiophene rings is 1. The Labute approximate surface area is 155 Å². The standard InChI is InChI=1S/C19H21BrN2OS/c20-15-3-1-13(2-4-15)16-11-17(16)19(23)21-7-9-22-8-5-18-14(12-22)6-10-24-18/h1-4,6,10,16-17H,5,7-9,11-12H2,(H,21,23). The van der Waals surface area contributed by atoms with Gasteiger partial charge in [-0.2, -0.15) is 0 Å². The molecule has 1 fully saturated rings. The summed E-state index contributed by atoms with van der Waals surface area (Å²) < 4.78 is 1.09. The quantitative estimate of drug-likeness (QED) is 0.821. The molecule has 1 aliphatic carbocycles. The molecule has 2 atom stereocenters. The van der Waals surface area contributed by atoms with Gasteiger partial charge in [0.25, 0.3) is 0 Å². The van der Waals surface area contributed by atoms with E-state index in [1.807, 2.05) is 11.3 Å². The summed E-state index contributed by atoms with van der Waals surface area (Å²) >= 11 is 5.32. The molecule has 0 spiro atoms. The van der Waals surface area contributed by atoms with E-state index < -0.39 is 0 Å². The molecule has 1 aromatic carbocycles. The largest absolute Gasteiger partial charge is 0.355 e. The third-order valence-corrected chi connectivity index (χ3v) is 6.59. The molecule has 24 heavy (non-hydrogen) atoms. The zero-order valence-electron chi connectivity index (χ0n) is 13.5. The fourth-order valence-electron chi connectivity index (χ4n) is 3.53. The third-order valence-electron chi connectivity index (χ3n) is 5.04. The molecule has 1 amide bonds. The van der Waals surface area contributed by atoms with Gasteiger partial charge in [0.2, 0.25) is 5.91 Å². The normalized spacial score (nSPS) is 22.9. The maximum Gasteiger partial charge on any atom is 0.223 e. The van der Waals surface area contributed by atoms with Gasteiger partial charge in [-0.1, -0.05) is 28.1 Å². The number of nitrogens with zero attached hydrogens (tertiary/aromatic N) is 1. The summed E-state index contributed by atoms with van der Waals surface area (Å²) in [7, 11) is 0. The van der Waals surface area contributed by atoms with E-state index in [9.17, 15) is 4.79 Å². The maximum absolute atomic E-state index is 12.3. The number of carbonyl (C=O) groups is 1. The highest BCUT2D eigenvalue weighted by molar-refractivity contribution is 9.10. The molecule has 2 aromatic rings. The summed E-state index contributed by atoms with van der Waals surface area (Å²) in [6, 6.07) is 10.6. The van der Waals surface area contributed by atoms with Gasteiger partial charge < -0.3 is 5.32 Å². The second kappa shape index (κ2) is 6.98. The zero-order chi connectivity index (χ0) is 16.5. The Balaban J connectivity index is 1.21. The summed E-state index contributed by atoms with van der Waals surface area (Å²) in [5.41, 5.74) is 2.74.